The van der Waals surface area contributed by atoms with Crippen LogP contribution in [0.2, 0.25) is 0 Å². The SMILES string of the molecule is CC(C)CNCc1ccc(N2CCC(CO)C2)c(Br)c1. The summed E-state index contributed by atoms with van der Waals surface area (Å²) in [4.78, 5) is 2.36. The summed E-state index contributed by atoms with van der Waals surface area (Å²) in [5.74, 6) is 1.10. The van der Waals surface area contributed by atoms with Crippen molar-refractivity contribution in [2.24, 2.45) is 11.8 Å². The zero-order chi connectivity index (χ0) is 14.5. The maximum Gasteiger partial charge on any atom is 0.0510 e. The fourth-order valence-corrected chi connectivity index (χ4v) is 3.30. The standard InChI is InChI=1S/C16H25BrN2O/c1-12(2)8-18-9-13-3-4-16(15(17)7-13)19-6-5-14(10-19)11-20/h3-4,7,12,14,18,20H,5-6,8-11H2,1-2H3. The van der Waals surface area contributed by atoms with Crippen LogP contribution in [-0.4, -0.2) is 31.3 Å². The number of aliphatic hydroxyl groups excluding tert-OH is 1. The molecule has 1 atom stereocenters. The van der Waals surface area contributed by atoms with Crippen LogP contribution in [0.5, 0.6) is 0 Å². The minimum Gasteiger partial charge on any atom is -0.396 e. The van der Waals surface area contributed by atoms with Crippen molar-refractivity contribution in [3.63, 3.8) is 0 Å². The molecule has 1 saturated heterocycles. The minimum absolute atomic E-state index is 0.297. The molecule has 2 rings (SSSR count). The molecule has 2 N–H and O–H groups in total. The molecule has 1 aliphatic heterocycles. The zero-order valence-corrected chi connectivity index (χ0v) is 14.0. The average Bonchev–Trinajstić information content (AvgIpc) is 2.87. The van der Waals surface area contributed by atoms with Crippen molar-refractivity contribution in [1.82, 2.24) is 5.32 Å². The first-order chi connectivity index (χ1) is 9.60. The molecule has 4 heteroatoms. The molecule has 0 amide bonds. The van der Waals surface area contributed by atoms with Crippen LogP contribution < -0.4 is 10.2 Å². The van der Waals surface area contributed by atoms with Crippen LogP contribution >= 0.6 is 15.9 Å². The number of halogens is 1. The maximum absolute atomic E-state index is 9.24. The van der Waals surface area contributed by atoms with E-state index in [2.05, 4.69) is 58.2 Å². The van der Waals surface area contributed by atoms with Crippen LogP contribution in [0, 0.1) is 11.8 Å². The quantitative estimate of drug-likeness (QED) is 0.835. The van der Waals surface area contributed by atoms with Gasteiger partial charge in [0.05, 0.1) is 5.69 Å². The van der Waals surface area contributed by atoms with Gasteiger partial charge in [0.2, 0.25) is 0 Å². The van der Waals surface area contributed by atoms with Gasteiger partial charge in [0.1, 0.15) is 0 Å². The predicted octanol–water partition coefficient (Wildman–Crippen LogP) is 3.01. The van der Waals surface area contributed by atoms with E-state index in [1.807, 2.05) is 0 Å². The first-order valence-corrected chi connectivity index (χ1v) is 8.24. The van der Waals surface area contributed by atoms with Gasteiger partial charge in [-0.15, -0.1) is 0 Å². The van der Waals surface area contributed by atoms with Gasteiger partial charge in [-0.25, -0.2) is 0 Å². The first kappa shape index (κ1) is 15.8. The lowest BCUT2D eigenvalue weighted by Crippen LogP contribution is -2.21. The molecule has 112 valence electrons. The van der Waals surface area contributed by atoms with E-state index in [-0.39, 0.29) is 0 Å². The van der Waals surface area contributed by atoms with Crippen LogP contribution in [0.4, 0.5) is 5.69 Å². The van der Waals surface area contributed by atoms with Gasteiger partial charge in [-0.05, 0) is 52.5 Å². The van der Waals surface area contributed by atoms with Crippen LogP contribution in [0.3, 0.4) is 0 Å². The largest absolute Gasteiger partial charge is 0.396 e. The molecule has 0 aromatic heterocycles. The molecule has 3 nitrogen and oxygen atoms in total. The third-order valence-corrected chi connectivity index (χ3v) is 4.41. The summed E-state index contributed by atoms with van der Waals surface area (Å²) in [6.07, 6.45) is 1.08. The van der Waals surface area contributed by atoms with E-state index >= 15 is 0 Å². The number of benzene rings is 1. The molecule has 1 fully saturated rings. The molecule has 0 saturated carbocycles. The second kappa shape index (κ2) is 7.43. The molecule has 0 radical (unpaired) electrons. The molecule has 1 aliphatic rings. The number of hydrogen-bond donors (Lipinski definition) is 2. The van der Waals surface area contributed by atoms with Gasteiger partial charge < -0.3 is 15.3 Å². The van der Waals surface area contributed by atoms with Gasteiger partial charge in [-0.3, -0.25) is 0 Å². The van der Waals surface area contributed by atoms with Gasteiger partial charge in [-0.1, -0.05) is 19.9 Å². The fraction of sp³-hybridized carbons (Fsp3) is 0.625. The second-order valence-electron chi connectivity index (χ2n) is 6.09. The van der Waals surface area contributed by atoms with Crippen LogP contribution in [0.15, 0.2) is 22.7 Å². The summed E-state index contributed by atoms with van der Waals surface area (Å²) in [6, 6.07) is 6.59. The highest BCUT2D eigenvalue weighted by Gasteiger charge is 2.23. The van der Waals surface area contributed by atoms with Crippen molar-refractivity contribution in [3.05, 3.63) is 28.2 Å². The topological polar surface area (TPSA) is 35.5 Å². The highest BCUT2D eigenvalue weighted by atomic mass is 79.9. The van der Waals surface area contributed by atoms with Gasteiger partial charge in [-0.2, -0.15) is 0 Å². The normalized spacial score (nSPS) is 19.1. The molecule has 0 aliphatic carbocycles. The molecule has 1 aromatic carbocycles. The number of anilines is 1. The molecular formula is C16H25BrN2O. The Morgan fingerprint density at radius 1 is 1.45 bits per heavy atom. The smallest absolute Gasteiger partial charge is 0.0510 e. The predicted molar refractivity (Wildman–Crippen MR) is 88.1 cm³/mol. The Hall–Kier alpha value is -0.580. The van der Waals surface area contributed by atoms with Crippen LogP contribution in [0.1, 0.15) is 25.8 Å². The van der Waals surface area contributed by atoms with Crippen molar-refractivity contribution in [2.75, 3.05) is 31.1 Å². The van der Waals surface area contributed by atoms with E-state index < -0.39 is 0 Å². The third kappa shape index (κ3) is 4.21. The molecule has 0 spiro atoms. The monoisotopic (exact) mass is 340 g/mol. The fourth-order valence-electron chi connectivity index (χ4n) is 2.62. The zero-order valence-electron chi connectivity index (χ0n) is 12.4. The lowest BCUT2D eigenvalue weighted by Gasteiger charge is -2.20. The van der Waals surface area contributed by atoms with Crippen molar-refractivity contribution in [2.45, 2.75) is 26.8 Å². The molecule has 0 bridgehead atoms. The van der Waals surface area contributed by atoms with Crippen LogP contribution in [-0.2, 0) is 6.54 Å². The lowest BCUT2D eigenvalue weighted by atomic mass is 10.1. The number of aliphatic hydroxyl groups is 1. The summed E-state index contributed by atoms with van der Waals surface area (Å²) >= 11 is 3.69. The molecule has 1 aromatic rings. The van der Waals surface area contributed by atoms with Gasteiger partial charge in [0, 0.05) is 36.6 Å². The Labute approximate surface area is 130 Å². The van der Waals surface area contributed by atoms with Gasteiger partial charge >= 0.3 is 0 Å². The number of nitrogens with one attached hydrogen (secondary N) is 1. The van der Waals surface area contributed by atoms with Crippen molar-refractivity contribution in [1.29, 1.82) is 0 Å². The van der Waals surface area contributed by atoms with E-state index in [4.69, 9.17) is 0 Å². The van der Waals surface area contributed by atoms with Crippen molar-refractivity contribution in [3.8, 4) is 0 Å². The Morgan fingerprint density at radius 3 is 2.85 bits per heavy atom. The van der Waals surface area contributed by atoms with E-state index in [0.29, 0.717) is 18.4 Å². The second-order valence-corrected chi connectivity index (χ2v) is 6.95. The average molecular weight is 341 g/mol. The van der Waals surface area contributed by atoms with E-state index in [9.17, 15) is 5.11 Å². The molecular weight excluding hydrogens is 316 g/mol. The Kier molecular flexibility index (Phi) is 5.87. The van der Waals surface area contributed by atoms with Crippen molar-refractivity contribution >= 4 is 21.6 Å². The summed E-state index contributed by atoms with van der Waals surface area (Å²) in [6.45, 7) is 8.69. The number of nitrogens with zero attached hydrogens (tertiary/aromatic N) is 1. The highest BCUT2D eigenvalue weighted by molar-refractivity contribution is 9.10. The van der Waals surface area contributed by atoms with Crippen LogP contribution in [0.25, 0.3) is 0 Å². The molecule has 1 unspecified atom stereocenters. The van der Waals surface area contributed by atoms with Crippen molar-refractivity contribution < 1.29 is 5.11 Å². The molecule has 1 heterocycles. The summed E-state index contributed by atoms with van der Waals surface area (Å²) in [7, 11) is 0. The third-order valence-electron chi connectivity index (χ3n) is 3.78. The van der Waals surface area contributed by atoms with Gasteiger partial charge in [0.25, 0.3) is 0 Å². The Balaban J connectivity index is 1.96. The van der Waals surface area contributed by atoms with Gasteiger partial charge in [0.15, 0.2) is 0 Å². The number of rotatable bonds is 6. The first-order valence-electron chi connectivity index (χ1n) is 7.45. The maximum atomic E-state index is 9.24. The van der Waals surface area contributed by atoms with E-state index in [1.54, 1.807) is 0 Å². The minimum atomic E-state index is 0.297. The highest BCUT2D eigenvalue weighted by Crippen LogP contribution is 2.31. The van der Waals surface area contributed by atoms with E-state index in [1.165, 1.54) is 11.3 Å². The summed E-state index contributed by atoms with van der Waals surface area (Å²) in [5.41, 5.74) is 2.55. The molecule has 20 heavy (non-hydrogen) atoms. The summed E-state index contributed by atoms with van der Waals surface area (Å²) < 4.78 is 1.15. The summed E-state index contributed by atoms with van der Waals surface area (Å²) in [5, 5.41) is 12.7. The Bertz CT molecular complexity index is 436. The Morgan fingerprint density at radius 2 is 2.25 bits per heavy atom. The number of hydrogen-bond acceptors (Lipinski definition) is 3. The van der Waals surface area contributed by atoms with E-state index in [0.717, 1.165) is 37.1 Å². The lowest BCUT2D eigenvalue weighted by molar-refractivity contribution is 0.238.